The lowest BCUT2D eigenvalue weighted by atomic mass is 9.87. The zero-order valence-electron chi connectivity index (χ0n) is 13.5. The summed E-state index contributed by atoms with van der Waals surface area (Å²) in [6, 6.07) is 4.40. The van der Waals surface area contributed by atoms with E-state index in [1.807, 2.05) is 30.3 Å². The molecule has 22 heavy (non-hydrogen) atoms. The van der Waals surface area contributed by atoms with Gasteiger partial charge in [-0.25, -0.2) is 4.79 Å². The fourth-order valence-electron chi connectivity index (χ4n) is 3.47. The second kappa shape index (κ2) is 6.56. The van der Waals surface area contributed by atoms with Crippen molar-refractivity contribution in [2.75, 3.05) is 53.5 Å². The quantitative estimate of drug-likeness (QED) is 0.835. The van der Waals surface area contributed by atoms with E-state index in [1.165, 1.54) is 4.88 Å². The van der Waals surface area contributed by atoms with Crippen molar-refractivity contribution in [1.29, 1.82) is 0 Å². The number of likely N-dealkylation sites (tertiary alicyclic amines) is 1. The molecular weight excluding hydrogens is 298 g/mol. The van der Waals surface area contributed by atoms with Crippen molar-refractivity contribution in [1.82, 2.24) is 14.7 Å². The summed E-state index contributed by atoms with van der Waals surface area (Å²) in [5.74, 6) is 0. The summed E-state index contributed by atoms with van der Waals surface area (Å²) in [4.78, 5) is 19.8. The largest absolute Gasteiger partial charge is 0.379 e. The number of nitrogens with zero attached hydrogens (tertiary/aromatic N) is 3. The van der Waals surface area contributed by atoms with Gasteiger partial charge >= 0.3 is 6.03 Å². The van der Waals surface area contributed by atoms with Gasteiger partial charge in [0.2, 0.25) is 0 Å². The zero-order valence-corrected chi connectivity index (χ0v) is 14.3. The molecule has 6 heteroatoms. The number of hydrogen-bond donors (Lipinski definition) is 0. The third kappa shape index (κ3) is 3.45. The summed E-state index contributed by atoms with van der Waals surface area (Å²) in [7, 11) is 3.64. The van der Waals surface area contributed by atoms with Gasteiger partial charge in [0, 0.05) is 50.6 Å². The van der Waals surface area contributed by atoms with Gasteiger partial charge in [0.25, 0.3) is 0 Å². The lowest BCUT2D eigenvalue weighted by Gasteiger charge is -2.33. The standard InChI is InChI=1S/C16H25N3O2S/c1-17(2)15(20)19-7-8-21-13-16(12-19)5-6-18(11-16)10-14-4-3-9-22-14/h3-4,9H,5-8,10-13H2,1-2H3/t16-/m0/s1. The van der Waals surface area contributed by atoms with Crippen LogP contribution in [0.25, 0.3) is 0 Å². The van der Waals surface area contributed by atoms with Gasteiger partial charge in [-0.3, -0.25) is 4.90 Å². The average molecular weight is 323 g/mol. The molecule has 122 valence electrons. The molecule has 2 fully saturated rings. The molecular formula is C16H25N3O2S. The van der Waals surface area contributed by atoms with Gasteiger partial charge < -0.3 is 14.5 Å². The zero-order chi connectivity index (χ0) is 15.6. The van der Waals surface area contributed by atoms with Crippen LogP contribution >= 0.6 is 11.3 Å². The molecule has 1 atom stereocenters. The molecule has 1 aromatic heterocycles. The number of urea groups is 1. The van der Waals surface area contributed by atoms with Crippen LogP contribution in [0.2, 0.25) is 0 Å². The highest BCUT2D eigenvalue weighted by Gasteiger charge is 2.42. The molecule has 3 heterocycles. The number of rotatable bonds is 2. The minimum Gasteiger partial charge on any atom is -0.379 e. The monoisotopic (exact) mass is 323 g/mol. The summed E-state index contributed by atoms with van der Waals surface area (Å²) in [5, 5.41) is 2.13. The van der Waals surface area contributed by atoms with Crippen LogP contribution in [0.5, 0.6) is 0 Å². The van der Waals surface area contributed by atoms with E-state index in [-0.39, 0.29) is 11.4 Å². The molecule has 0 unspecified atom stereocenters. The van der Waals surface area contributed by atoms with Crippen molar-refractivity contribution in [3.63, 3.8) is 0 Å². The number of thiophene rings is 1. The first-order valence-corrected chi connectivity index (χ1v) is 8.75. The van der Waals surface area contributed by atoms with Crippen LogP contribution < -0.4 is 0 Å². The van der Waals surface area contributed by atoms with Crippen LogP contribution in [-0.4, -0.2) is 74.2 Å². The molecule has 3 rings (SSSR count). The molecule has 1 aromatic rings. The van der Waals surface area contributed by atoms with E-state index in [2.05, 4.69) is 22.4 Å². The van der Waals surface area contributed by atoms with E-state index < -0.39 is 0 Å². The van der Waals surface area contributed by atoms with Crippen molar-refractivity contribution in [3.8, 4) is 0 Å². The minimum atomic E-state index is 0.0967. The number of hydrogen-bond acceptors (Lipinski definition) is 4. The Hall–Kier alpha value is -1.11. The fourth-order valence-corrected chi connectivity index (χ4v) is 4.22. The summed E-state index contributed by atoms with van der Waals surface area (Å²) in [5.41, 5.74) is 0.0967. The number of ether oxygens (including phenoxy) is 1. The first kappa shape index (κ1) is 15.8. The Labute approximate surface area is 136 Å². The third-order valence-corrected chi connectivity index (χ3v) is 5.43. The molecule has 0 saturated carbocycles. The molecule has 2 aliphatic heterocycles. The molecule has 2 amide bonds. The highest BCUT2D eigenvalue weighted by Crippen LogP contribution is 2.34. The highest BCUT2D eigenvalue weighted by atomic mass is 32.1. The van der Waals surface area contributed by atoms with Crippen LogP contribution in [0.4, 0.5) is 4.79 Å². The first-order chi connectivity index (χ1) is 10.6. The van der Waals surface area contributed by atoms with Gasteiger partial charge in [-0.2, -0.15) is 0 Å². The van der Waals surface area contributed by atoms with Crippen LogP contribution in [0, 0.1) is 5.41 Å². The van der Waals surface area contributed by atoms with E-state index >= 15 is 0 Å². The topological polar surface area (TPSA) is 36.0 Å². The Morgan fingerprint density at radius 1 is 1.41 bits per heavy atom. The Balaban J connectivity index is 1.65. The lowest BCUT2D eigenvalue weighted by molar-refractivity contribution is 0.0712. The van der Waals surface area contributed by atoms with E-state index in [0.717, 1.165) is 39.2 Å². The normalized spacial score (nSPS) is 26.4. The molecule has 0 aromatic carbocycles. The van der Waals surface area contributed by atoms with E-state index in [4.69, 9.17) is 4.74 Å². The molecule has 1 spiro atoms. The van der Waals surface area contributed by atoms with Crippen LogP contribution in [0.1, 0.15) is 11.3 Å². The molecule has 2 aliphatic rings. The Kier molecular flexibility index (Phi) is 4.70. The van der Waals surface area contributed by atoms with Gasteiger partial charge in [-0.05, 0) is 24.4 Å². The van der Waals surface area contributed by atoms with E-state index in [1.54, 1.807) is 4.90 Å². The van der Waals surface area contributed by atoms with Crippen LogP contribution in [0.15, 0.2) is 17.5 Å². The Bertz CT molecular complexity index is 505. The summed E-state index contributed by atoms with van der Waals surface area (Å²) in [6.45, 7) is 6.04. The van der Waals surface area contributed by atoms with Crippen molar-refractivity contribution < 1.29 is 9.53 Å². The molecule has 5 nitrogen and oxygen atoms in total. The second-order valence-corrected chi connectivity index (χ2v) is 7.72. The summed E-state index contributed by atoms with van der Waals surface area (Å²) in [6.07, 6.45) is 1.11. The van der Waals surface area contributed by atoms with Gasteiger partial charge in [-0.1, -0.05) is 6.07 Å². The van der Waals surface area contributed by atoms with Gasteiger partial charge in [0.15, 0.2) is 0 Å². The molecule has 0 bridgehead atoms. The molecule has 0 N–H and O–H groups in total. The van der Waals surface area contributed by atoms with Gasteiger partial charge in [0.1, 0.15) is 0 Å². The summed E-state index contributed by atoms with van der Waals surface area (Å²) >= 11 is 1.81. The van der Waals surface area contributed by atoms with Crippen molar-refractivity contribution >= 4 is 17.4 Å². The fraction of sp³-hybridized carbons (Fsp3) is 0.688. The average Bonchev–Trinajstić information content (AvgIpc) is 3.07. The first-order valence-electron chi connectivity index (χ1n) is 7.87. The molecule has 0 aliphatic carbocycles. The minimum absolute atomic E-state index is 0.0967. The SMILES string of the molecule is CN(C)C(=O)N1CCOC[C@]2(CCN(Cc3cccs3)C2)C1. The van der Waals surface area contributed by atoms with E-state index in [9.17, 15) is 4.79 Å². The molecule has 0 radical (unpaired) electrons. The second-order valence-electron chi connectivity index (χ2n) is 6.69. The Morgan fingerprint density at radius 3 is 3.00 bits per heavy atom. The van der Waals surface area contributed by atoms with Gasteiger partial charge in [-0.15, -0.1) is 11.3 Å². The highest BCUT2D eigenvalue weighted by molar-refractivity contribution is 7.09. The Morgan fingerprint density at radius 2 is 2.27 bits per heavy atom. The van der Waals surface area contributed by atoms with E-state index in [0.29, 0.717) is 13.2 Å². The molecule has 2 saturated heterocycles. The maximum absolute atomic E-state index is 12.3. The smallest absolute Gasteiger partial charge is 0.319 e. The predicted molar refractivity (Wildman–Crippen MR) is 88.1 cm³/mol. The van der Waals surface area contributed by atoms with Crippen molar-refractivity contribution in [2.45, 2.75) is 13.0 Å². The maximum Gasteiger partial charge on any atom is 0.319 e. The third-order valence-electron chi connectivity index (χ3n) is 4.57. The van der Waals surface area contributed by atoms with Crippen LogP contribution in [-0.2, 0) is 11.3 Å². The van der Waals surface area contributed by atoms with Gasteiger partial charge in [0.05, 0.1) is 13.2 Å². The van der Waals surface area contributed by atoms with Crippen molar-refractivity contribution in [3.05, 3.63) is 22.4 Å². The number of amides is 2. The number of carbonyl (C=O) groups excluding carboxylic acids is 1. The van der Waals surface area contributed by atoms with Crippen LogP contribution in [0.3, 0.4) is 0 Å². The number of carbonyl (C=O) groups is 1. The lowest BCUT2D eigenvalue weighted by Crippen LogP contribution is -2.46. The maximum atomic E-state index is 12.3. The van der Waals surface area contributed by atoms with Crippen molar-refractivity contribution in [2.24, 2.45) is 5.41 Å². The summed E-state index contributed by atoms with van der Waals surface area (Å²) < 4.78 is 5.84. The predicted octanol–water partition coefficient (Wildman–Crippen LogP) is 1.95.